The molecule has 2 N–H and O–H groups in total. The Morgan fingerprint density at radius 1 is 1.36 bits per heavy atom. The Balaban J connectivity index is 2.28. The summed E-state index contributed by atoms with van der Waals surface area (Å²) in [7, 11) is -3.76. The van der Waals surface area contributed by atoms with Gasteiger partial charge in [0.2, 0.25) is 0 Å². The molecule has 2 unspecified atom stereocenters. The average Bonchev–Trinajstić information content (AvgIpc) is 2.77. The SMILES string of the molecule is CC(C)C1CC1[C@@H](C)COS(N)(=O)=O. The molecule has 1 aliphatic rings. The van der Waals surface area contributed by atoms with Crippen molar-refractivity contribution in [1.82, 2.24) is 0 Å². The molecule has 0 bridgehead atoms. The number of rotatable bonds is 5. The predicted molar refractivity (Wildman–Crippen MR) is 54.7 cm³/mol. The van der Waals surface area contributed by atoms with Crippen LogP contribution in [0.1, 0.15) is 27.2 Å². The van der Waals surface area contributed by atoms with E-state index < -0.39 is 10.3 Å². The fourth-order valence-corrected chi connectivity index (χ4v) is 2.39. The maximum atomic E-state index is 10.5. The quantitative estimate of drug-likeness (QED) is 0.756. The predicted octanol–water partition coefficient (Wildman–Crippen LogP) is 1.13. The van der Waals surface area contributed by atoms with Crippen molar-refractivity contribution < 1.29 is 12.6 Å². The van der Waals surface area contributed by atoms with Crippen LogP contribution in [-0.4, -0.2) is 15.0 Å². The molecule has 14 heavy (non-hydrogen) atoms. The van der Waals surface area contributed by atoms with Crippen molar-refractivity contribution in [3.63, 3.8) is 0 Å². The highest BCUT2D eigenvalue weighted by Gasteiger charge is 2.42. The molecule has 0 saturated heterocycles. The highest BCUT2D eigenvalue weighted by molar-refractivity contribution is 7.84. The van der Waals surface area contributed by atoms with Crippen molar-refractivity contribution in [2.24, 2.45) is 28.8 Å². The molecule has 1 fully saturated rings. The first-order valence-electron chi connectivity index (χ1n) is 4.98. The van der Waals surface area contributed by atoms with E-state index in [0.717, 1.165) is 5.92 Å². The monoisotopic (exact) mass is 221 g/mol. The van der Waals surface area contributed by atoms with Crippen molar-refractivity contribution in [1.29, 1.82) is 0 Å². The van der Waals surface area contributed by atoms with E-state index >= 15 is 0 Å². The van der Waals surface area contributed by atoms with E-state index in [-0.39, 0.29) is 12.5 Å². The highest BCUT2D eigenvalue weighted by Crippen LogP contribution is 2.48. The molecule has 4 nitrogen and oxygen atoms in total. The average molecular weight is 221 g/mol. The van der Waals surface area contributed by atoms with Crippen molar-refractivity contribution in [3.8, 4) is 0 Å². The van der Waals surface area contributed by atoms with Crippen molar-refractivity contribution >= 4 is 10.3 Å². The normalized spacial score (nSPS) is 29.2. The Morgan fingerprint density at radius 2 is 1.93 bits per heavy atom. The lowest BCUT2D eigenvalue weighted by molar-refractivity contribution is 0.240. The second kappa shape index (κ2) is 4.16. The largest absolute Gasteiger partial charge is 0.333 e. The van der Waals surface area contributed by atoms with Gasteiger partial charge in [0.05, 0.1) is 6.61 Å². The van der Waals surface area contributed by atoms with Gasteiger partial charge >= 0.3 is 10.3 Å². The van der Waals surface area contributed by atoms with Crippen LogP contribution in [0.15, 0.2) is 0 Å². The molecule has 0 aliphatic heterocycles. The van der Waals surface area contributed by atoms with E-state index in [4.69, 9.17) is 5.14 Å². The Bertz CT molecular complexity index is 286. The van der Waals surface area contributed by atoms with Crippen LogP contribution < -0.4 is 5.14 Å². The van der Waals surface area contributed by atoms with Crippen LogP contribution in [0.4, 0.5) is 0 Å². The summed E-state index contributed by atoms with van der Waals surface area (Å²) in [6.45, 7) is 6.61. The molecule has 0 aromatic carbocycles. The summed E-state index contributed by atoms with van der Waals surface area (Å²) >= 11 is 0. The molecule has 0 radical (unpaired) electrons. The zero-order valence-electron chi connectivity index (χ0n) is 8.93. The van der Waals surface area contributed by atoms with E-state index in [2.05, 4.69) is 18.0 Å². The summed E-state index contributed by atoms with van der Waals surface area (Å²) in [5, 5.41) is 4.75. The zero-order valence-corrected chi connectivity index (χ0v) is 9.75. The first-order chi connectivity index (χ1) is 6.31. The third-order valence-electron chi connectivity index (χ3n) is 2.97. The van der Waals surface area contributed by atoms with Gasteiger partial charge in [-0.05, 0) is 30.1 Å². The molecule has 5 heteroatoms. The van der Waals surface area contributed by atoms with Gasteiger partial charge in [0, 0.05) is 0 Å². The van der Waals surface area contributed by atoms with E-state index in [1.54, 1.807) is 0 Å². The van der Waals surface area contributed by atoms with Crippen LogP contribution in [0, 0.1) is 23.7 Å². The summed E-state index contributed by atoms with van der Waals surface area (Å²) < 4.78 is 25.7. The minimum absolute atomic E-state index is 0.215. The summed E-state index contributed by atoms with van der Waals surface area (Å²) in [6, 6.07) is 0. The number of nitrogens with two attached hydrogens (primary N) is 1. The summed E-state index contributed by atoms with van der Waals surface area (Å²) in [5.41, 5.74) is 0. The summed E-state index contributed by atoms with van der Waals surface area (Å²) in [6.07, 6.45) is 1.19. The second-order valence-electron chi connectivity index (χ2n) is 4.56. The maximum Gasteiger partial charge on any atom is 0.333 e. The molecule has 84 valence electrons. The Labute approximate surface area is 86.1 Å². The molecule has 3 atom stereocenters. The summed E-state index contributed by atoms with van der Waals surface area (Å²) in [5.74, 6) is 2.29. The van der Waals surface area contributed by atoms with Gasteiger partial charge in [-0.2, -0.15) is 8.42 Å². The molecule has 1 saturated carbocycles. The van der Waals surface area contributed by atoms with E-state index in [1.807, 2.05) is 6.92 Å². The topological polar surface area (TPSA) is 69.4 Å². The van der Waals surface area contributed by atoms with E-state index in [0.29, 0.717) is 11.8 Å². The standard InChI is InChI=1S/C9H19NO3S/c1-6(2)8-4-9(8)7(3)5-13-14(10,11)12/h6-9H,4-5H2,1-3H3,(H2,10,11,12)/t7-,8?,9?/m0/s1. The molecule has 0 aromatic heterocycles. The molecule has 0 aromatic rings. The summed E-state index contributed by atoms with van der Waals surface area (Å²) in [4.78, 5) is 0. The lowest BCUT2D eigenvalue weighted by Gasteiger charge is -2.11. The highest BCUT2D eigenvalue weighted by atomic mass is 32.2. The van der Waals surface area contributed by atoms with Gasteiger partial charge in [-0.25, -0.2) is 5.14 Å². The van der Waals surface area contributed by atoms with Gasteiger partial charge < -0.3 is 0 Å². The second-order valence-corrected chi connectivity index (χ2v) is 5.78. The smallest absolute Gasteiger partial charge is 0.258 e. The van der Waals surface area contributed by atoms with Crippen molar-refractivity contribution in [2.75, 3.05) is 6.61 Å². The van der Waals surface area contributed by atoms with Crippen molar-refractivity contribution in [2.45, 2.75) is 27.2 Å². The van der Waals surface area contributed by atoms with Crippen LogP contribution in [-0.2, 0) is 14.5 Å². The van der Waals surface area contributed by atoms with Gasteiger partial charge in [-0.1, -0.05) is 20.8 Å². The van der Waals surface area contributed by atoms with Crippen LogP contribution >= 0.6 is 0 Å². The fraction of sp³-hybridized carbons (Fsp3) is 1.00. The van der Waals surface area contributed by atoms with Gasteiger partial charge in [0.1, 0.15) is 0 Å². The lowest BCUT2D eigenvalue weighted by atomic mass is 10.0. The van der Waals surface area contributed by atoms with Crippen LogP contribution in [0.25, 0.3) is 0 Å². The van der Waals surface area contributed by atoms with Crippen LogP contribution in [0.5, 0.6) is 0 Å². The molecular formula is C9H19NO3S. The van der Waals surface area contributed by atoms with Crippen molar-refractivity contribution in [3.05, 3.63) is 0 Å². The Morgan fingerprint density at radius 3 is 2.29 bits per heavy atom. The minimum atomic E-state index is -3.76. The Kier molecular flexibility index (Phi) is 3.55. The Hall–Kier alpha value is -0.130. The minimum Gasteiger partial charge on any atom is -0.258 e. The molecule has 0 spiro atoms. The van der Waals surface area contributed by atoms with Gasteiger partial charge in [0.15, 0.2) is 0 Å². The zero-order chi connectivity index (χ0) is 10.9. The number of hydrogen-bond acceptors (Lipinski definition) is 3. The maximum absolute atomic E-state index is 10.5. The first-order valence-corrected chi connectivity index (χ1v) is 6.45. The van der Waals surface area contributed by atoms with Gasteiger partial charge in [-0.3, -0.25) is 4.18 Å². The third kappa shape index (κ3) is 3.55. The molecule has 0 amide bonds. The third-order valence-corrected chi connectivity index (χ3v) is 3.44. The lowest BCUT2D eigenvalue weighted by Crippen LogP contribution is -2.20. The van der Waals surface area contributed by atoms with Gasteiger partial charge in [0.25, 0.3) is 0 Å². The number of hydrogen-bond donors (Lipinski definition) is 1. The van der Waals surface area contributed by atoms with Crippen LogP contribution in [0.3, 0.4) is 0 Å². The first kappa shape index (κ1) is 11.9. The molecule has 1 rings (SSSR count). The molecular weight excluding hydrogens is 202 g/mol. The molecule has 0 heterocycles. The molecule has 1 aliphatic carbocycles. The van der Waals surface area contributed by atoms with E-state index in [1.165, 1.54) is 6.42 Å². The van der Waals surface area contributed by atoms with Gasteiger partial charge in [-0.15, -0.1) is 0 Å². The van der Waals surface area contributed by atoms with E-state index in [9.17, 15) is 8.42 Å². The fourth-order valence-electron chi connectivity index (χ4n) is 1.98. The van der Waals surface area contributed by atoms with Crippen LogP contribution in [0.2, 0.25) is 0 Å².